The average molecular weight is 210 g/mol. The average Bonchev–Trinajstić information content (AvgIpc) is 2.19. The van der Waals surface area contributed by atoms with Crippen LogP contribution in [0.1, 0.15) is 24.3 Å². The summed E-state index contributed by atoms with van der Waals surface area (Å²) in [7, 11) is 3.13. The summed E-state index contributed by atoms with van der Waals surface area (Å²) in [5, 5.41) is 3.14. The van der Waals surface area contributed by atoms with Gasteiger partial charge in [-0.3, -0.25) is 5.32 Å². The first-order valence-corrected chi connectivity index (χ1v) is 4.76. The van der Waals surface area contributed by atoms with Crippen LogP contribution in [0.2, 0.25) is 0 Å². The first-order chi connectivity index (χ1) is 7.06. The number of ether oxygens (including phenoxy) is 1. The Kier molecular flexibility index (Phi) is 3.60. The number of carbonyl (C=O) groups is 1. The number of esters is 1. The molecule has 1 rings (SSSR count). The van der Waals surface area contributed by atoms with Crippen molar-refractivity contribution in [3.8, 4) is 0 Å². The summed E-state index contributed by atoms with van der Waals surface area (Å²) in [6, 6.07) is 1.88. The van der Waals surface area contributed by atoms with Gasteiger partial charge in [0.05, 0.1) is 20.2 Å². The van der Waals surface area contributed by atoms with Crippen LogP contribution in [0.25, 0.3) is 0 Å². The van der Waals surface area contributed by atoms with Crippen molar-refractivity contribution < 1.29 is 14.1 Å². The Hall–Kier alpha value is -1.65. The highest BCUT2D eigenvalue weighted by atomic mass is 16.5. The van der Waals surface area contributed by atoms with Gasteiger partial charge in [0.2, 0.25) is 0 Å². The molecule has 1 N–H and O–H groups in total. The smallest absolute Gasteiger partial charge is 0.392 e. The zero-order valence-electron chi connectivity index (χ0n) is 9.44. The number of nitrogens with one attached hydrogen (secondary N) is 1. The van der Waals surface area contributed by atoms with Gasteiger partial charge < -0.3 is 4.74 Å². The molecule has 0 bridgehead atoms. The molecule has 0 atom stereocenters. The SMILES string of the molecule is COC(=O)c1ccnc(NC(C)C)[n+]1C. The lowest BCUT2D eigenvalue weighted by atomic mass is 10.4. The fraction of sp³-hybridized carbons (Fsp3) is 0.500. The third-order valence-corrected chi connectivity index (χ3v) is 1.92. The van der Waals surface area contributed by atoms with Crippen LogP contribution < -0.4 is 9.88 Å². The number of aromatic nitrogens is 2. The standard InChI is InChI=1S/C10H15N3O2/c1-7(2)12-10-11-6-5-8(13(10)3)9(14)15-4/h5-7H,1-4H3/p+1. The van der Waals surface area contributed by atoms with Crippen molar-refractivity contribution in [3.63, 3.8) is 0 Å². The fourth-order valence-electron chi connectivity index (χ4n) is 1.19. The van der Waals surface area contributed by atoms with E-state index in [0.717, 1.165) is 0 Å². The second-order valence-electron chi connectivity index (χ2n) is 3.50. The van der Waals surface area contributed by atoms with Crippen LogP contribution in [0.15, 0.2) is 12.3 Å². The highest BCUT2D eigenvalue weighted by molar-refractivity contribution is 5.85. The van der Waals surface area contributed by atoms with Crippen LogP contribution in [0.4, 0.5) is 5.95 Å². The third-order valence-electron chi connectivity index (χ3n) is 1.92. The van der Waals surface area contributed by atoms with Gasteiger partial charge in [0, 0.05) is 6.07 Å². The Labute approximate surface area is 89.1 Å². The fourth-order valence-corrected chi connectivity index (χ4v) is 1.19. The number of carbonyl (C=O) groups excluding carboxylic acids is 1. The first-order valence-electron chi connectivity index (χ1n) is 4.76. The lowest BCUT2D eigenvalue weighted by Crippen LogP contribution is -2.41. The molecule has 0 saturated carbocycles. The van der Waals surface area contributed by atoms with Crippen molar-refractivity contribution >= 4 is 11.9 Å². The van der Waals surface area contributed by atoms with Gasteiger partial charge in [-0.1, -0.05) is 4.98 Å². The van der Waals surface area contributed by atoms with Gasteiger partial charge in [-0.15, -0.1) is 0 Å². The number of anilines is 1. The van der Waals surface area contributed by atoms with E-state index in [9.17, 15) is 4.79 Å². The molecule has 0 aliphatic carbocycles. The molecule has 0 radical (unpaired) electrons. The monoisotopic (exact) mass is 210 g/mol. The molecule has 15 heavy (non-hydrogen) atoms. The first kappa shape index (κ1) is 11.4. The van der Waals surface area contributed by atoms with E-state index in [4.69, 9.17) is 0 Å². The lowest BCUT2D eigenvalue weighted by molar-refractivity contribution is -0.662. The van der Waals surface area contributed by atoms with E-state index in [1.807, 2.05) is 13.8 Å². The number of nitrogens with zero attached hydrogens (tertiary/aromatic N) is 2. The zero-order chi connectivity index (χ0) is 11.4. The van der Waals surface area contributed by atoms with Crippen LogP contribution >= 0.6 is 0 Å². The summed E-state index contributed by atoms with van der Waals surface area (Å²) >= 11 is 0. The van der Waals surface area contributed by atoms with E-state index in [0.29, 0.717) is 11.6 Å². The van der Waals surface area contributed by atoms with Crippen LogP contribution in [0, 0.1) is 0 Å². The maximum atomic E-state index is 11.4. The van der Waals surface area contributed by atoms with Crippen molar-refractivity contribution in [2.45, 2.75) is 19.9 Å². The molecule has 0 aromatic carbocycles. The summed E-state index contributed by atoms with van der Waals surface area (Å²) in [4.78, 5) is 15.5. The van der Waals surface area contributed by atoms with Gasteiger partial charge in [0.25, 0.3) is 0 Å². The highest BCUT2D eigenvalue weighted by Crippen LogP contribution is 2.00. The Morgan fingerprint density at radius 2 is 2.27 bits per heavy atom. The van der Waals surface area contributed by atoms with Crippen molar-refractivity contribution in [2.24, 2.45) is 7.05 Å². The van der Waals surface area contributed by atoms with E-state index < -0.39 is 0 Å². The maximum absolute atomic E-state index is 11.4. The van der Waals surface area contributed by atoms with Crippen molar-refractivity contribution in [1.29, 1.82) is 0 Å². The summed E-state index contributed by atoms with van der Waals surface area (Å²) in [5.41, 5.74) is 0.468. The predicted molar refractivity (Wildman–Crippen MR) is 55.5 cm³/mol. The minimum absolute atomic E-state index is 0.261. The van der Waals surface area contributed by atoms with Crippen LogP contribution in [-0.2, 0) is 11.8 Å². The molecule has 0 saturated heterocycles. The molecule has 0 unspecified atom stereocenters. The Morgan fingerprint density at radius 3 is 2.80 bits per heavy atom. The molecule has 0 fully saturated rings. The maximum Gasteiger partial charge on any atom is 0.392 e. The van der Waals surface area contributed by atoms with E-state index in [-0.39, 0.29) is 12.0 Å². The molecule has 0 aliphatic rings. The molecule has 82 valence electrons. The van der Waals surface area contributed by atoms with Gasteiger partial charge in [0.1, 0.15) is 6.20 Å². The summed E-state index contributed by atoms with van der Waals surface area (Å²) < 4.78 is 6.33. The van der Waals surface area contributed by atoms with Gasteiger partial charge >= 0.3 is 11.9 Å². The highest BCUT2D eigenvalue weighted by Gasteiger charge is 2.18. The molecular formula is C10H16N3O2+. The Bertz CT molecular complexity index is 364. The van der Waals surface area contributed by atoms with Crippen LogP contribution in [0.3, 0.4) is 0 Å². The number of rotatable bonds is 3. The van der Waals surface area contributed by atoms with Gasteiger partial charge in [-0.25, -0.2) is 9.36 Å². The van der Waals surface area contributed by atoms with Gasteiger partial charge in [-0.05, 0) is 13.8 Å². The Balaban J connectivity index is 3.05. The molecule has 5 heteroatoms. The second-order valence-corrected chi connectivity index (χ2v) is 3.50. The predicted octanol–water partition coefficient (Wildman–Crippen LogP) is 0.513. The molecule has 0 aliphatic heterocycles. The molecule has 1 heterocycles. The molecule has 1 aromatic rings. The molecule has 0 spiro atoms. The molecule has 5 nitrogen and oxygen atoms in total. The van der Waals surface area contributed by atoms with Gasteiger partial charge in [0.15, 0.2) is 5.69 Å². The summed E-state index contributed by atoms with van der Waals surface area (Å²) in [6.45, 7) is 4.01. The van der Waals surface area contributed by atoms with Gasteiger partial charge in [-0.2, -0.15) is 0 Å². The van der Waals surface area contributed by atoms with Crippen LogP contribution in [0.5, 0.6) is 0 Å². The second kappa shape index (κ2) is 4.72. The van der Waals surface area contributed by atoms with E-state index >= 15 is 0 Å². The number of hydrogen-bond acceptors (Lipinski definition) is 4. The minimum Gasteiger partial charge on any atom is -0.463 e. The van der Waals surface area contributed by atoms with Crippen molar-refractivity contribution in [1.82, 2.24) is 4.98 Å². The molecular weight excluding hydrogens is 194 g/mol. The largest absolute Gasteiger partial charge is 0.463 e. The van der Waals surface area contributed by atoms with E-state index in [2.05, 4.69) is 15.0 Å². The molecule has 0 amide bonds. The van der Waals surface area contributed by atoms with Crippen LogP contribution in [-0.4, -0.2) is 24.1 Å². The normalized spacial score (nSPS) is 10.2. The summed E-state index contributed by atoms with van der Waals surface area (Å²) in [6.07, 6.45) is 1.58. The third kappa shape index (κ3) is 2.65. The number of hydrogen-bond donors (Lipinski definition) is 1. The van der Waals surface area contributed by atoms with Crippen molar-refractivity contribution in [2.75, 3.05) is 12.4 Å². The van der Waals surface area contributed by atoms with Crippen molar-refractivity contribution in [3.05, 3.63) is 18.0 Å². The number of methoxy groups -OCH3 is 1. The minimum atomic E-state index is -0.369. The molecule has 1 aromatic heterocycles. The lowest BCUT2D eigenvalue weighted by Gasteiger charge is -2.07. The quantitative estimate of drug-likeness (QED) is 0.583. The Morgan fingerprint density at radius 1 is 1.60 bits per heavy atom. The van der Waals surface area contributed by atoms with E-state index in [1.54, 1.807) is 23.9 Å². The zero-order valence-corrected chi connectivity index (χ0v) is 9.44. The topological polar surface area (TPSA) is 55.1 Å². The van der Waals surface area contributed by atoms with E-state index in [1.165, 1.54) is 7.11 Å². The summed E-state index contributed by atoms with van der Waals surface area (Å²) in [5.74, 6) is 0.277.